The molecule has 40 heavy (non-hydrogen) atoms. The molecule has 1 N–H and O–H groups in total. The molecule has 5 nitrogen and oxygen atoms in total. The molecule has 5 heteroatoms. The van der Waals surface area contributed by atoms with E-state index in [0.29, 0.717) is 12.5 Å². The Morgan fingerprint density at radius 3 is 2.38 bits per heavy atom. The Hall–Kier alpha value is -3.41. The molecule has 1 fully saturated rings. The fourth-order valence-electron chi connectivity index (χ4n) is 5.97. The van der Waals surface area contributed by atoms with E-state index in [9.17, 15) is 4.79 Å². The molecule has 0 unspecified atom stereocenters. The van der Waals surface area contributed by atoms with Crippen molar-refractivity contribution in [1.29, 1.82) is 0 Å². The largest absolute Gasteiger partial charge is 0.381 e. The highest BCUT2D eigenvalue weighted by Crippen LogP contribution is 2.33. The van der Waals surface area contributed by atoms with Crippen molar-refractivity contribution in [2.45, 2.75) is 58.5 Å². The molecule has 3 aromatic carbocycles. The van der Waals surface area contributed by atoms with E-state index >= 15 is 0 Å². The first-order chi connectivity index (χ1) is 19.4. The molecule has 0 spiro atoms. The predicted octanol–water partition coefficient (Wildman–Crippen LogP) is 6.95. The van der Waals surface area contributed by atoms with Gasteiger partial charge < -0.3 is 15.0 Å². The number of amides is 1. The van der Waals surface area contributed by atoms with Crippen LogP contribution in [-0.4, -0.2) is 50.7 Å². The van der Waals surface area contributed by atoms with E-state index in [0.717, 1.165) is 74.5 Å². The van der Waals surface area contributed by atoms with Crippen LogP contribution < -0.4 is 10.2 Å². The Balaban J connectivity index is 1.31. The van der Waals surface area contributed by atoms with Crippen molar-refractivity contribution in [3.63, 3.8) is 0 Å². The molecule has 5 rings (SSSR count). The summed E-state index contributed by atoms with van der Waals surface area (Å²) in [5.41, 5.74) is 10.4. The Bertz CT molecular complexity index is 1360. The molecule has 2 aliphatic heterocycles. The van der Waals surface area contributed by atoms with E-state index in [1.54, 1.807) is 0 Å². The molecule has 0 bridgehead atoms. The summed E-state index contributed by atoms with van der Waals surface area (Å²) < 4.78 is 5.50. The number of anilines is 2. The zero-order chi connectivity index (χ0) is 28.1. The lowest BCUT2D eigenvalue weighted by molar-refractivity contribution is -0.112. The maximum Gasteiger partial charge on any atom is 0.251 e. The van der Waals surface area contributed by atoms with Gasteiger partial charge in [-0.25, -0.2) is 0 Å². The average molecular weight is 538 g/mol. The third-order valence-corrected chi connectivity index (χ3v) is 8.54. The molecule has 0 radical (unpaired) electrons. The number of hydrogen-bond donors (Lipinski definition) is 1. The molecule has 2 aliphatic rings. The van der Waals surface area contributed by atoms with Crippen molar-refractivity contribution in [3.8, 4) is 11.1 Å². The minimum Gasteiger partial charge on any atom is -0.381 e. The number of nitrogens with zero attached hydrogens (tertiary/aromatic N) is 2. The fourth-order valence-corrected chi connectivity index (χ4v) is 5.97. The van der Waals surface area contributed by atoms with Gasteiger partial charge in [0.2, 0.25) is 0 Å². The molecule has 0 saturated carbocycles. The van der Waals surface area contributed by atoms with Crippen LogP contribution in [0.2, 0.25) is 0 Å². The van der Waals surface area contributed by atoms with Crippen LogP contribution in [0.3, 0.4) is 0 Å². The molecule has 210 valence electrons. The third kappa shape index (κ3) is 6.48. The summed E-state index contributed by atoms with van der Waals surface area (Å²) in [5.74, 6) is -0.0284. The van der Waals surface area contributed by atoms with Crippen molar-refractivity contribution in [2.24, 2.45) is 0 Å². The van der Waals surface area contributed by atoms with Gasteiger partial charge in [0, 0.05) is 56.3 Å². The Morgan fingerprint density at radius 2 is 1.65 bits per heavy atom. The number of benzene rings is 3. The monoisotopic (exact) mass is 537 g/mol. The summed E-state index contributed by atoms with van der Waals surface area (Å²) in [4.78, 5) is 18.1. The van der Waals surface area contributed by atoms with Gasteiger partial charge >= 0.3 is 0 Å². The second-order valence-electron chi connectivity index (χ2n) is 11.2. The summed E-state index contributed by atoms with van der Waals surface area (Å²) in [6.07, 6.45) is 7.04. The number of carbonyl (C=O) groups excluding carboxylic acids is 1. The van der Waals surface area contributed by atoms with Crippen LogP contribution in [0, 0.1) is 0 Å². The highest BCUT2D eigenvalue weighted by molar-refractivity contribution is 6.07. The quantitative estimate of drug-likeness (QED) is 0.338. The van der Waals surface area contributed by atoms with Gasteiger partial charge in [0.05, 0.1) is 0 Å². The Kier molecular flexibility index (Phi) is 9.03. The normalized spacial score (nSPS) is 15.9. The van der Waals surface area contributed by atoms with Crippen molar-refractivity contribution in [2.75, 3.05) is 44.1 Å². The van der Waals surface area contributed by atoms with Crippen LogP contribution in [0.5, 0.6) is 0 Å². The number of carbonyl (C=O) groups is 1. The standard InChI is InChI=1S/C35H43N3O2/c1-5-26-9-10-28(21-27(26)6-2)29-11-14-34-31(22-29)23-30(15-18-37(34)3)35(39)36-32-12-7-25(8-13-32)24-38(4)33-16-19-40-20-17-33/h7-14,21-23,33H,5-6,15-20,24H2,1-4H3,(H,36,39). The molecule has 0 aromatic heterocycles. The number of nitrogens with one attached hydrogen (secondary N) is 1. The summed E-state index contributed by atoms with van der Waals surface area (Å²) in [7, 11) is 4.29. The smallest absolute Gasteiger partial charge is 0.251 e. The van der Waals surface area contributed by atoms with Crippen LogP contribution in [0.4, 0.5) is 11.4 Å². The van der Waals surface area contributed by atoms with Gasteiger partial charge in [-0.3, -0.25) is 9.69 Å². The summed E-state index contributed by atoms with van der Waals surface area (Å²) in [5, 5.41) is 3.15. The van der Waals surface area contributed by atoms with Crippen molar-refractivity contribution < 1.29 is 9.53 Å². The van der Waals surface area contributed by atoms with E-state index in [1.165, 1.54) is 27.8 Å². The third-order valence-electron chi connectivity index (χ3n) is 8.54. The second kappa shape index (κ2) is 12.8. The van der Waals surface area contributed by atoms with Crippen LogP contribution in [0.15, 0.2) is 66.2 Å². The second-order valence-corrected chi connectivity index (χ2v) is 11.2. The molecule has 1 saturated heterocycles. The zero-order valence-corrected chi connectivity index (χ0v) is 24.5. The molecule has 3 aromatic rings. The van der Waals surface area contributed by atoms with Crippen molar-refractivity contribution >= 4 is 23.4 Å². The topological polar surface area (TPSA) is 44.8 Å². The lowest BCUT2D eigenvalue weighted by Gasteiger charge is -2.31. The molecule has 0 atom stereocenters. The first kappa shape index (κ1) is 28.1. The molecule has 2 heterocycles. The van der Waals surface area contributed by atoms with Crippen molar-refractivity contribution in [1.82, 2.24) is 4.90 Å². The van der Waals surface area contributed by atoms with Gasteiger partial charge in [0.15, 0.2) is 0 Å². The van der Waals surface area contributed by atoms with Gasteiger partial charge in [-0.15, -0.1) is 0 Å². The zero-order valence-electron chi connectivity index (χ0n) is 24.5. The van der Waals surface area contributed by atoms with E-state index in [2.05, 4.69) is 97.7 Å². The van der Waals surface area contributed by atoms with Crippen LogP contribution in [0.25, 0.3) is 17.2 Å². The lowest BCUT2D eigenvalue weighted by atomic mass is 9.95. The Morgan fingerprint density at radius 1 is 0.950 bits per heavy atom. The number of ether oxygens (including phenoxy) is 1. The summed E-state index contributed by atoms with van der Waals surface area (Å²) >= 11 is 0. The summed E-state index contributed by atoms with van der Waals surface area (Å²) in [6.45, 7) is 7.83. The first-order valence-corrected chi connectivity index (χ1v) is 14.8. The van der Waals surface area contributed by atoms with E-state index in [1.807, 2.05) is 12.1 Å². The molecule has 1 amide bonds. The summed E-state index contributed by atoms with van der Waals surface area (Å²) in [6, 6.07) is 22.3. The number of hydrogen-bond acceptors (Lipinski definition) is 4. The number of aryl methyl sites for hydroxylation is 2. The number of fused-ring (bicyclic) bond motifs is 1. The molecule has 0 aliphatic carbocycles. The van der Waals surface area contributed by atoms with Crippen molar-refractivity contribution in [3.05, 3.63) is 88.5 Å². The lowest BCUT2D eigenvalue weighted by Crippen LogP contribution is -2.36. The minimum atomic E-state index is -0.0284. The Labute approximate surface area is 239 Å². The van der Waals surface area contributed by atoms with Crippen LogP contribution >= 0.6 is 0 Å². The maximum atomic E-state index is 13.4. The predicted molar refractivity (Wildman–Crippen MR) is 167 cm³/mol. The minimum absolute atomic E-state index is 0.0284. The number of rotatable bonds is 8. The van der Waals surface area contributed by atoms with E-state index < -0.39 is 0 Å². The maximum absolute atomic E-state index is 13.4. The van der Waals surface area contributed by atoms with Gasteiger partial charge in [-0.05, 0) is 103 Å². The van der Waals surface area contributed by atoms with Crippen LogP contribution in [0.1, 0.15) is 55.4 Å². The van der Waals surface area contributed by atoms with E-state index in [4.69, 9.17) is 4.74 Å². The molecular formula is C35H43N3O2. The van der Waals surface area contributed by atoms with Gasteiger partial charge in [-0.2, -0.15) is 0 Å². The van der Waals surface area contributed by atoms with Gasteiger partial charge in [-0.1, -0.05) is 50.2 Å². The van der Waals surface area contributed by atoms with Gasteiger partial charge in [0.1, 0.15) is 0 Å². The van der Waals surface area contributed by atoms with E-state index in [-0.39, 0.29) is 5.91 Å². The highest BCUT2D eigenvalue weighted by atomic mass is 16.5. The average Bonchev–Trinajstić information content (AvgIpc) is 3.16. The van der Waals surface area contributed by atoms with Gasteiger partial charge in [0.25, 0.3) is 5.91 Å². The SMILES string of the molecule is CCc1ccc(-c2ccc3c(c2)C=C(C(=O)Nc2ccc(CN(C)C4CCOCC4)cc2)CCN3C)cc1CC. The highest BCUT2D eigenvalue weighted by Gasteiger charge is 2.20. The molecular weight excluding hydrogens is 494 g/mol. The van der Waals surface area contributed by atoms with Crippen LogP contribution in [-0.2, 0) is 28.9 Å². The fraction of sp³-hybridized carbons (Fsp3) is 0.400. The first-order valence-electron chi connectivity index (χ1n) is 14.8.